The molecule has 1 aromatic rings. The highest BCUT2D eigenvalue weighted by Crippen LogP contribution is 2.15. The highest BCUT2D eigenvalue weighted by Gasteiger charge is 2.00. The van der Waals surface area contributed by atoms with Crippen molar-refractivity contribution in [3.63, 3.8) is 0 Å². The molecule has 0 spiro atoms. The summed E-state index contributed by atoms with van der Waals surface area (Å²) in [5, 5.41) is 2.84. The maximum Gasteiger partial charge on any atom is 0.248 e. The number of rotatable bonds is 3. The lowest BCUT2D eigenvalue weighted by Gasteiger charge is -2.06. The van der Waals surface area contributed by atoms with Crippen molar-refractivity contribution in [1.82, 2.24) is 0 Å². The van der Waals surface area contributed by atoms with Crippen LogP contribution in [0.2, 0.25) is 0 Å². The molecule has 0 aromatic heterocycles. The molecule has 0 bridgehead atoms. The van der Waals surface area contributed by atoms with Gasteiger partial charge in [0.05, 0.1) is 0 Å². The Morgan fingerprint density at radius 3 is 2.62 bits per heavy atom. The molecule has 84 valence electrons. The molecule has 0 unspecified atom stereocenters. The average Bonchev–Trinajstić information content (AvgIpc) is 2.23. The summed E-state index contributed by atoms with van der Waals surface area (Å²) in [6, 6.07) is 5.95. The number of aryl methyl sites for hydroxylation is 2. The van der Waals surface area contributed by atoms with Crippen molar-refractivity contribution in [2.75, 3.05) is 5.32 Å². The Morgan fingerprint density at radius 2 is 2.00 bits per heavy atom. The third-order valence-electron chi connectivity index (χ3n) is 2.19. The third-order valence-corrected chi connectivity index (χ3v) is 2.19. The molecule has 0 aliphatic rings. The zero-order valence-electron chi connectivity index (χ0n) is 9.95. The van der Waals surface area contributed by atoms with Crippen LogP contribution in [0, 0.1) is 13.8 Å². The predicted molar refractivity (Wildman–Crippen MR) is 68.5 cm³/mol. The number of hydrogen-bond acceptors (Lipinski definition) is 1. The lowest BCUT2D eigenvalue weighted by Crippen LogP contribution is -2.08. The van der Waals surface area contributed by atoms with Crippen LogP contribution in [0.5, 0.6) is 0 Å². The molecule has 0 fully saturated rings. The Balaban J connectivity index is 2.70. The smallest absolute Gasteiger partial charge is 0.248 e. The van der Waals surface area contributed by atoms with Gasteiger partial charge in [0.25, 0.3) is 0 Å². The van der Waals surface area contributed by atoms with Crippen LogP contribution in [0.3, 0.4) is 0 Å². The van der Waals surface area contributed by atoms with Crippen LogP contribution in [0.4, 0.5) is 5.69 Å². The van der Waals surface area contributed by atoms with Crippen LogP contribution in [0.25, 0.3) is 0 Å². The van der Waals surface area contributed by atoms with Crippen molar-refractivity contribution in [3.8, 4) is 0 Å². The van der Waals surface area contributed by atoms with E-state index in [9.17, 15) is 4.79 Å². The van der Waals surface area contributed by atoms with Gasteiger partial charge in [-0.05, 0) is 32.4 Å². The molecule has 0 saturated carbocycles. The second kappa shape index (κ2) is 5.91. The Hall–Kier alpha value is -1.83. The number of allylic oxidation sites excluding steroid dienone is 3. The quantitative estimate of drug-likeness (QED) is 0.608. The lowest BCUT2D eigenvalue weighted by molar-refractivity contribution is -0.111. The van der Waals surface area contributed by atoms with Gasteiger partial charge < -0.3 is 5.32 Å². The van der Waals surface area contributed by atoms with Crippen molar-refractivity contribution < 1.29 is 4.79 Å². The molecule has 1 rings (SSSR count). The molecule has 0 saturated heterocycles. The maximum absolute atomic E-state index is 11.5. The molecule has 0 aliphatic heterocycles. The van der Waals surface area contributed by atoms with Crippen LogP contribution in [-0.4, -0.2) is 5.91 Å². The topological polar surface area (TPSA) is 29.1 Å². The van der Waals surface area contributed by atoms with Gasteiger partial charge in [0.15, 0.2) is 0 Å². The third kappa shape index (κ3) is 3.73. The van der Waals surface area contributed by atoms with Crippen LogP contribution in [0.1, 0.15) is 18.1 Å². The van der Waals surface area contributed by atoms with Crippen molar-refractivity contribution >= 4 is 11.6 Å². The second-order valence-electron chi connectivity index (χ2n) is 3.69. The Morgan fingerprint density at radius 1 is 1.25 bits per heavy atom. The fourth-order valence-electron chi connectivity index (χ4n) is 1.38. The average molecular weight is 215 g/mol. The first-order valence-corrected chi connectivity index (χ1v) is 5.31. The summed E-state index contributed by atoms with van der Waals surface area (Å²) in [4.78, 5) is 11.5. The van der Waals surface area contributed by atoms with E-state index in [1.54, 1.807) is 6.08 Å². The SMILES string of the molecule is C/C=C/C=C/C(=O)Nc1ccc(C)cc1C. The Labute approximate surface area is 96.7 Å². The normalized spacial score (nSPS) is 11.2. The summed E-state index contributed by atoms with van der Waals surface area (Å²) in [6.45, 7) is 5.93. The first-order chi connectivity index (χ1) is 7.63. The van der Waals surface area contributed by atoms with E-state index in [-0.39, 0.29) is 5.91 Å². The standard InChI is InChI=1S/C14H17NO/c1-4-5-6-7-14(16)15-13-9-8-11(2)10-12(13)3/h4-10H,1-3H3,(H,15,16)/b5-4+,7-6+. The molecule has 2 nitrogen and oxygen atoms in total. The van der Waals surface area contributed by atoms with Crippen molar-refractivity contribution in [1.29, 1.82) is 0 Å². The minimum absolute atomic E-state index is 0.106. The van der Waals surface area contributed by atoms with E-state index in [0.717, 1.165) is 11.3 Å². The summed E-state index contributed by atoms with van der Waals surface area (Å²) >= 11 is 0. The molecule has 16 heavy (non-hydrogen) atoms. The number of amides is 1. The molecule has 1 N–H and O–H groups in total. The number of hydrogen-bond donors (Lipinski definition) is 1. The highest BCUT2D eigenvalue weighted by molar-refractivity contribution is 5.99. The second-order valence-corrected chi connectivity index (χ2v) is 3.69. The fourth-order valence-corrected chi connectivity index (χ4v) is 1.38. The van der Waals surface area contributed by atoms with Crippen LogP contribution < -0.4 is 5.32 Å². The Bertz CT molecular complexity index is 430. The highest BCUT2D eigenvalue weighted by atomic mass is 16.1. The van der Waals surface area contributed by atoms with E-state index in [1.165, 1.54) is 11.6 Å². The minimum atomic E-state index is -0.106. The van der Waals surface area contributed by atoms with Crippen molar-refractivity contribution in [2.45, 2.75) is 20.8 Å². The number of benzene rings is 1. The largest absolute Gasteiger partial charge is 0.322 e. The molecule has 1 aromatic carbocycles. The maximum atomic E-state index is 11.5. The number of carbonyl (C=O) groups excluding carboxylic acids is 1. The summed E-state index contributed by atoms with van der Waals surface area (Å²) in [7, 11) is 0. The zero-order valence-corrected chi connectivity index (χ0v) is 9.95. The number of nitrogens with one attached hydrogen (secondary N) is 1. The molecule has 2 heteroatoms. The van der Waals surface area contributed by atoms with E-state index in [1.807, 2.05) is 51.1 Å². The lowest BCUT2D eigenvalue weighted by atomic mass is 10.1. The number of anilines is 1. The molecule has 0 radical (unpaired) electrons. The number of carbonyl (C=O) groups is 1. The van der Waals surface area contributed by atoms with Gasteiger partial charge in [0.2, 0.25) is 5.91 Å². The summed E-state index contributed by atoms with van der Waals surface area (Å²) in [5.74, 6) is -0.106. The molecule has 1 amide bonds. The van der Waals surface area contributed by atoms with E-state index >= 15 is 0 Å². The zero-order chi connectivity index (χ0) is 12.0. The molecule has 0 atom stereocenters. The van der Waals surface area contributed by atoms with E-state index in [4.69, 9.17) is 0 Å². The monoisotopic (exact) mass is 215 g/mol. The first-order valence-electron chi connectivity index (χ1n) is 5.31. The minimum Gasteiger partial charge on any atom is -0.322 e. The summed E-state index contributed by atoms with van der Waals surface area (Å²) in [6.07, 6.45) is 6.93. The van der Waals surface area contributed by atoms with Gasteiger partial charge >= 0.3 is 0 Å². The van der Waals surface area contributed by atoms with Crippen LogP contribution in [-0.2, 0) is 4.79 Å². The van der Waals surface area contributed by atoms with Gasteiger partial charge in [0.1, 0.15) is 0 Å². The fraction of sp³-hybridized carbons (Fsp3) is 0.214. The molecule has 0 heterocycles. The van der Waals surface area contributed by atoms with E-state index in [0.29, 0.717) is 0 Å². The molecular formula is C14H17NO. The van der Waals surface area contributed by atoms with Gasteiger partial charge in [-0.1, -0.05) is 35.9 Å². The van der Waals surface area contributed by atoms with E-state index < -0.39 is 0 Å². The summed E-state index contributed by atoms with van der Waals surface area (Å²) < 4.78 is 0. The van der Waals surface area contributed by atoms with E-state index in [2.05, 4.69) is 5.32 Å². The summed E-state index contributed by atoms with van der Waals surface area (Å²) in [5.41, 5.74) is 3.13. The van der Waals surface area contributed by atoms with Crippen molar-refractivity contribution in [2.24, 2.45) is 0 Å². The molecule has 0 aliphatic carbocycles. The van der Waals surface area contributed by atoms with Crippen LogP contribution >= 0.6 is 0 Å². The Kier molecular flexibility index (Phi) is 4.52. The van der Waals surface area contributed by atoms with Gasteiger partial charge in [-0.2, -0.15) is 0 Å². The van der Waals surface area contributed by atoms with Gasteiger partial charge in [0, 0.05) is 11.8 Å². The van der Waals surface area contributed by atoms with Crippen LogP contribution in [0.15, 0.2) is 42.5 Å². The first kappa shape index (κ1) is 12.2. The van der Waals surface area contributed by atoms with Gasteiger partial charge in [-0.25, -0.2) is 0 Å². The van der Waals surface area contributed by atoms with Gasteiger partial charge in [-0.3, -0.25) is 4.79 Å². The van der Waals surface area contributed by atoms with Crippen molar-refractivity contribution in [3.05, 3.63) is 53.6 Å². The van der Waals surface area contributed by atoms with Gasteiger partial charge in [-0.15, -0.1) is 0 Å². The molecular weight excluding hydrogens is 198 g/mol. The predicted octanol–water partition coefficient (Wildman–Crippen LogP) is 3.37.